The van der Waals surface area contributed by atoms with Crippen molar-refractivity contribution < 1.29 is 18.7 Å². The van der Waals surface area contributed by atoms with Gasteiger partial charge in [-0.1, -0.05) is 0 Å². The van der Waals surface area contributed by atoms with Crippen molar-refractivity contribution in [3.63, 3.8) is 0 Å². The third-order valence-corrected chi connectivity index (χ3v) is 3.22. The number of aryl methyl sites for hydroxylation is 1. The molecule has 2 rings (SSSR count). The number of rotatable bonds is 3. The zero-order valence-corrected chi connectivity index (χ0v) is 9.62. The molecule has 4 heteroatoms. The lowest BCUT2D eigenvalue weighted by molar-refractivity contribution is -0.119. The number of Topliss-reactive ketones (excluding diaryl/α,β-unsaturated/α-hetero) is 1. The van der Waals surface area contributed by atoms with E-state index in [1.807, 2.05) is 0 Å². The predicted molar refractivity (Wildman–Crippen MR) is 56.4 cm³/mol. The number of hydrogen-bond donors (Lipinski definition) is 0. The quantitative estimate of drug-likeness (QED) is 0.734. The van der Waals surface area contributed by atoms with Crippen LogP contribution in [-0.4, -0.2) is 18.9 Å². The van der Waals surface area contributed by atoms with Gasteiger partial charge in [0.25, 0.3) is 0 Å². The summed E-state index contributed by atoms with van der Waals surface area (Å²) >= 11 is 0. The van der Waals surface area contributed by atoms with Crippen molar-refractivity contribution in [3.05, 3.63) is 23.2 Å². The zero-order valence-electron chi connectivity index (χ0n) is 9.62. The van der Waals surface area contributed by atoms with Gasteiger partial charge in [-0.3, -0.25) is 4.79 Å². The molecule has 16 heavy (non-hydrogen) atoms. The Bertz CT molecular complexity index is 452. The molecule has 86 valence electrons. The van der Waals surface area contributed by atoms with Gasteiger partial charge in [0.15, 0.2) is 0 Å². The number of methoxy groups -OCH3 is 1. The smallest absolute Gasteiger partial charge is 0.341 e. The number of esters is 1. The van der Waals surface area contributed by atoms with Gasteiger partial charge >= 0.3 is 5.97 Å². The minimum Gasteiger partial charge on any atom is -0.465 e. The molecule has 1 aromatic heterocycles. The van der Waals surface area contributed by atoms with Gasteiger partial charge in [-0.15, -0.1) is 0 Å². The largest absolute Gasteiger partial charge is 0.465 e. The maximum atomic E-state index is 11.5. The highest BCUT2D eigenvalue weighted by Gasteiger charge is 2.52. The molecule has 0 N–H and O–H groups in total. The molecule has 1 aliphatic carbocycles. The summed E-state index contributed by atoms with van der Waals surface area (Å²) in [5.41, 5.74) is -0.0677. The lowest BCUT2D eigenvalue weighted by atomic mass is 9.98. The van der Waals surface area contributed by atoms with Crippen molar-refractivity contribution in [1.29, 1.82) is 0 Å². The summed E-state index contributed by atoms with van der Waals surface area (Å²) in [5.74, 6) is 0.775. The Morgan fingerprint density at radius 3 is 2.50 bits per heavy atom. The minimum atomic E-state index is -0.475. The summed E-state index contributed by atoms with van der Waals surface area (Å²) in [7, 11) is 1.33. The molecule has 0 radical (unpaired) electrons. The molecule has 0 unspecified atom stereocenters. The molecule has 0 amide bonds. The molecule has 1 fully saturated rings. The molecule has 1 aromatic rings. The van der Waals surface area contributed by atoms with Crippen molar-refractivity contribution in [3.8, 4) is 0 Å². The van der Waals surface area contributed by atoms with E-state index in [1.54, 1.807) is 19.9 Å². The van der Waals surface area contributed by atoms with Crippen LogP contribution in [0.1, 0.15) is 41.6 Å². The molecule has 0 saturated heterocycles. The number of ketones is 1. The fourth-order valence-corrected chi connectivity index (χ4v) is 1.93. The normalized spacial score (nSPS) is 16.9. The van der Waals surface area contributed by atoms with E-state index < -0.39 is 11.4 Å². The molecule has 0 atom stereocenters. The van der Waals surface area contributed by atoms with Crippen molar-refractivity contribution >= 4 is 11.8 Å². The number of hydrogen-bond acceptors (Lipinski definition) is 4. The third kappa shape index (κ3) is 1.45. The van der Waals surface area contributed by atoms with E-state index in [9.17, 15) is 9.59 Å². The Kier molecular flexibility index (Phi) is 2.37. The van der Waals surface area contributed by atoms with E-state index in [1.165, 1.54) is 7.11 Å². The molecule has 1 aliphatic rings. The van der Waals surface area contributed by atoms with Crippen LogP contribution in [0.15, 0.2) is 10.5 Å². The van der Waals surface area contributed by atoms with Gasteiger partial charge in [0, 0.05) is 0 Å². The lowest BCUT2D eigenvalue weighted by Crippen LogP contribution is -2.15. The summed E-state index contributed by atoms with van der Waals surface area (Å²) in [4.78, 5) is 22.9. The van der Waals surface area contributed by atoms with Crippen LogP contribution >= 0.6 is 0 Å². The van der Waals surface area contributed by atoms with Gasteiger partial charge in [0.2, 0.25) is 0 Å². The van der Waals surface area contributed by atoms with E-state index in [0.717, 1.165) is 12.8 Å². The minimum absolute atomic E-state index is 0.0951. The molecule has 1 heterocycles. The van der Waals surface area contributed by atoms with Crippen LogP contribution in [0.3, 0.4) is 0 Å². The highest BCUT2D eigenvalue weighted by atomic mass is 16.5. The fraction of sp³-hybridized carbons (Fsp3) is 0.500. The molecule has 4 nitrogen and oxygen atoms in total. The van der Waals surface area contributed by atoms with Crippen molar-refractivity contribution in [2.24, 2.45) is 0 Å². The molecular weight excluding hydrogens is 208 g/mol. The standard InChI is InChI=1S/C12H14O4/c1-7-9(11(14)15-3)6-10(16-7)12(4-5-12)8(2)13/h6H,4-5H2,1-3H3. The summed E-state index contributed by atoms with van der Waals surface area (Å²) < 4.78 is 10.1. The first-order valence-corrected chi connectivity index (χ1v) is 5.21. The first kappa shape index (κ1) is 10.9. The van der Waals surface area contributed by atoms with Crippen LogP contribution in [0.25, 0.3) is 0 Å². The molecule has 0 spiro atoms. The Labute approximate surface area is 93.6 Å². The van der Waals surface area contributed by atoms with Crippen LogP contribution in [0.5, 0.6) is 0 Å². The molecular formula is C12H14O4. The maximum absolute atomic E-state index is 11.5. The topological polar surface area (TPSA) is 56.5 Å². The van der Waals surface area contributed by atoms with Gasteiger partial charge in [-0.05, 0) is 32.8 Å². The second-order valence-electron chi connectivity index (χ2n) is 4.21. The van der Waals surface area contributed by atoms with Gasteiger partial charge in [-0.25, -0.2) is 4.79 Å². The zero-order chi connectivity index (χ0) is 11.9. The highest BCUT2D eigenvalue weighted by Crippen LogP contribution is 2.49. The summed E-state index contributed by atoms with van der Waals surface area (Å²) in [5, 5.41) is 0. The first-order valence-electron chi connectivity index (χ1n) is 5.21. The highest BCUT2D eigenvalue weighted by molar-refractivity contribution is 5.93. The number of ether oxygens (including phenoxy) is 1. The van der Waals surface area contributed by atoms with E-state index in [-0.39, 0.29) is 5.78 Å². The fourth-order valence-electron chi connectivity index (χ4n) is 1.93. The van der Waals surface area contributed by atoms with E-state index in [2.05, 4.69) is 4.74 Å². The van der Waals surface area contributed by atoms with Gasteiger partial charge < -0.3 is 9.15 Å². The molecule has 0 aromatic carbocycles. The second kappa shape index (κ2) is 3.47. The number of carbonyl (C=O) groups excluding carboxylic acids is 2. The van der Waals surface area contributed by atoms with E-state index in [4.69, 9.17) is 4.42 Å². The van der Waals surface area contributed by atoms with Crippen molar-refractivity contribution in [2.75, 3.05) is 7.11 Å². The maximum Gasteiger partial charge on any atom is 0.341 e. The van der Waals surface area contributed by atoms with E-state index >= 15 is 0 Å². The SMILES string of the molecule is COC(=O)c1cc(C2(C(C)=O)CC2)oc1C. The van der Waals surface area contributed by atoms with E-state index in [0.29, 0.717) is 17.1 Å². The first-order chi connectivity index (χ1) is 7.51. The molecule has 0 aliphatic heterocycles. The second-order valence-corrected chi connectivity index (χ2v) is 4.21. The predicted octanol–water partition coefficient (Wildman–Crippen LogP) is 2.00. The van der Waals surface area contributed by atoms with Crippen LogP contribution < -0.4 is 0 Å². The van der Waals surface area contributed by atoms with Gasteiger partial charge in [-0.2, -0.15) is 0 Å². The monoisotopic (exact) mass is 222 g/mol. The number of carbonyl (C=O) groups is 2. The summed E-state index contributed by atoms with van der Waals surface area (Å²) in [6, 6.07) is 1.63. The summed E-state index contributed by atoms with van der Waals surface area (Å²) in [6.07, 6.45) is 1.60. The van der Waals surface area contributed by atoms with Crippen molar-refractivity contribution in [1.82, 2.24) is 0 Å². The van der Waals surface area contributed by atoms with Crippen LogP contribution in [0.4, 0.5) is 0 Å². The van der Waals surface area contributed by atoms with Gasteiger partial charge in [0.1, 0.15) is 22.9 Å². The Balaban J connectivity index is 2.39. The van der Waals surface area contributed by atoms with Crippen LogP contribution in [0.2, 0.25) is 0 Å². The van der Waals surface area contributed by atoms with Crippen LogP contribution in [0, 0.1) is 6.92 Å². The number of furan rings is 1. The Hall–Kier alpha value is -1.58. The molecule has 1 saturated carbocycles. The third-order valence-electron chi connectivity index (χ3n) is 3.22. The average Bonchev–Trinajstić information content (AvgIpc) is 2.97. The molecule has 0 bridgehead atoms. The van der Waals surface area contributed by atoms with Crippen molar-refractivity contribution in [2.45, 2.75) is 32.1 Å². The van der Waals surface area contributed by atoms with Crippen LogP contribution in [-0.2, 0) is 14.9 Å². The Morgan fingerprint density at radius 1 is 1.44 bits per heavy atom. The lowest BCUT2D eigenvalue weighted by Gasteiger charge is -2.05. The Morgan fingerprint density at radius 2 is 2.06 bits per heavy atom. The van der Waals surface area contributed by atoms with Gasteiger partial charge in [0.05, 0.1) is 12.5 Å². The summed E-state index contributed by atoms with van der Waals surface area (Å²) in [6.45, 7) is 3.26. The average molecular weight is 222 g/mol.